The molecule has 0 bridgehead atoms. The van der Waals surface area contributed by atoms with E-state index in [0.29, 0.717) is 5.11 Å². The molecule has 3 heterocycles. The van der Waals surface area contributed by atoms with Crippen molar-refractivity contribution in [1.82, 2.24) is 14.9 Å². The van der Waals surface area contributed by atoms with Gasteiger partial charge in [0.15, 0.2) is 5.11 Å². The minimum Gasteiger partial charge on any atom is -0.491 e. The van der Waals surface area contributed by atoms with Crippen LogP contribution in [0.3, 0.4) is 0 Å². The molecule has 5 rings (SSSR count). The highest BCUT2D eigenvalue weighted by Crippen LogP contribution is 2.42. The van der Waals surface area contributed by atoms with Gasteiger partial charge in [-0.15, -0.1) is 0 Å². The number of hydrogen-bond acceptors (Lipinski definition) is 3. The molecule has 1 aliphatic heterocycles. The van der Waals surface area contributed by atoms with Crippen LogP contribution in [0.4, 0.5) is 5.69 Å². The fraction of sp³-hybridized carbons (Fsp3) is 0.214. The van der Waals surface area contributed by atoms with Crippen molar-refractivity contribution in [3.63, 3.8) is 0 Å². The van der Waals surface area contributed by atoms with E-state index in [1.807, 2.05) is 44.3 Å². The molecule has 4 aromatic rings. The monoisotopic (exact) mass is 468 g/mol. The molecule has 5 nitrogen and oxygen atoms in total. The second kappa shape index (κ2) is 9.31. The van der Waals surface area contributed by atoms with E-state index >= 15 is 0 Å². The van der Waals surface area contributed by atoms with Crippen LogP contribution < -0.4 is 15.0 Å². The Morgan fingerprint density at radius 2 is 1.76 bits per heavy atom. The number of pyridine rings is 1. The zero-order valence-electron chi connectivity index (χ0n) is 19.6. The van der Waals surface area contributed by atoms with E-state index in [-0.39, 0.29) is 18.2 Å². The Labute approximate surface area is 206 Å². The Balaban J connectivity index is 1.61. The van der Waals surface area contributed by atoms with Crippen molar-refractivity contribution in [1.29, 1.82) is 0 Å². The summed E-state index contributed by atoms with van der Waals surface area (Å²) in [6.45, 7) is 6.17. The maximum Gasteiger partial charge on any atom is 0.174 e. The highest BCUT2D eigenvalue weighted by Gasteiger charge is 2.42. The first kappa shape index (κ1) is 22.2. The lowest BCUT2D eigenvalue weighted by Gasteiger charge is -2.29. The Morgan fingerprint density at radius 3 is 2.47 bits per heavy atom. The van der Waals surface area contributed by atoms with E-state index in [4.69, 9.17) is 17.0 Å². The second-order valence-corrected chi connectivity index (χ2v) is 9.19. The fourth-order valence-electron chi connectivity index (χ4n) is 4.54. The summed E-state index contributed by atoms with van der Waals surface area (Å²) in [4.78, 5) is 6.86. The lowest BCUT2D eigenvalue weighted by molar-refractivity contribution is 0.242. The molecular weight excluding hydrogens is 440 g/mol. The first-order chi connectivity index (χ1) is 16.5. The topological polar surface area (TPSA) is 42.3 Å². The standard InChI is InChI=1S/C28H28N4OS/c1-19(2)33-23-14-12-21(13-15-23)32-27(26(30-28(32)34)24-10-4-5-16-29-24)25-11-7-17-31(25)22-9-6-8-20(3)18-22/h4-19,26-27H,1-3H3,(H,30,34)/t26-,27-/m0/s1. The molecule has 2 aromatic heterocycles. The maximum atomic E-state index is 5.88. The van der Waals surface area contributed by atoms with Crippen molar-refractivity contribution in [3.8, 4) is 11.4 Å². The number of aromatic nitrogens is 2. The van der Waals surface area contributed by atoms with E-state index in [0.717, 1.165) is 28.5 Å². The smallest absolute Gasteiger partial charge is 0.174 e. The van der Waals surface area contributed by atoms with Gasteiger partial charge < -0.3 is 19.5 Å². The van der Waals surface area contributed by atoms with E-state index < -0.39 is 0 Å². The molecule has 2 atom stereocenters. The molecule has 1 saturated heterocycles. The van der Waals surface area contributed by atoms with Gasteiger partial charge in [0, 0.05) is 29.5 Å². The van der Waals surface area contributed by atoms with Crippen LogP contribution in [-0.2, 0) is 0 Å². The summed E-state index contributed by atoms with van der Waals surface area (Å²) in [5, 5.41) is 4.22. The number of anilines is 1. The minimum atomic E-state index is -0.0984. The van der Waals surface area contributed by atoms with Gasteiger partial charge in [0.2, 0.25) is 0 Å². The quantitative estimate of drug-likeness (QED) is 0.344. The SMILES string of the molecule is Cc1cccc(-n2cccc2[C@H]2[C@H](c3ccccn3)NC(=S)N2c2ccc(OC(C)C)cc2)c1. The number of benzene rings is 2. The third kappa shape index (κ3) is 4.29. The van der Waals surface area contributed by atoms with Gasteiger partial charge in [0.25, 0.3) is 0 Å². The summed E-state index contributed by atoms with van der Waals surface area (Å²) in [7, 11) is 0. The molecule has 0 aliphatic carbocycles. The number of nitrogens with zero attached hydrogens (tertiary/aromatic N) is 3. The van der Waals surface area contributed by atoms with Crippen molar-refractivity contribution in [2.24, 2.45) is 0 Å². The van der Waals surface area contributed by atoms with E-state index in [2.05, 4.69) is 87.5 Å². The Kier molecular flexibility index (Phi) is 6.07. The number of ether oxygens (including phenoxy) is 1. The van der Waals surface area contributed by atoms with Gasteiger partial charge in [0.05, 0.1) is 17.8 Å². The van der Waals surface area contributed by atoms with Crippen LogP contribution in [0.1, 0.15) is 42.9 Å². The Morgan fingerprint density at radius 1 is 0.941 bits per heavy atom. The first-order valence-electron chi connectivity index (χ1n) is 11.5. The average molecular weight is 469 g/mol. The summed E-state index contributed by atoms with van der Waals surface area (Å²) in [6.07, 6.45) is 4.06. The number of hydrogen-bond donors (Lipinski definition) is 1. The summed E-state index contributed by atoms with van der Waals surface area (Å²) in [6, 6.07) is 26.8. The normalized spacial score (nSPS) is 17.8. The zero-order chi connectivity index (χ0) is 23.7. The molecule has 1 aliphatic rings. The van der Waals surface area contributed by atoms with Gasteiger partial charge >= 0.3 is 0 Å². The molecule has 0 amide bonds. The number of aryl methyl sites for hydroxylation is 1. The second-order valence-electron chi connectivity index (χ2n) is 8.80. The van der Waals surface area contributed by atoms with Crippen molar-refractivity contribution < 1.29 is 4.74 Å². The van der Waals surface area contributed by atoms with Gasteiger partial charge in [-0.05, 0) is 99.2 Å². The van der Waals surface area contributed by atoms with Crippen molar-refractivity contribution in [3.05, 3.63) is 108 Å². The van der Waals surface area contributed by atoms with Crippen molar-refractivity contribution >= 4 is 23.0 Å². The molecule has 6 heteroatoms. The summed E-state index contributed by atoms with van der Waals surface area (Å²) in [5.41, 5.74) is 5.44. The third-order valence-electron chi connectivity index (χ3n) is 5.95. The van der Waals surface area contributed by atoms with E-state index in [1.54, 1.807) is 0 Å². The largest absolute Gasteiger partial charge is 0.491 e. The molecule has 172 valence electrons. The zero-order valence-corrected chi connectivity index (χ0v) is 20.4. The highest BCUT2D eigenvalue weighted by molar-refractivity contribution is 7.80. The molecule has 34 heavy (non-hydrogen) atoms. The van der Waals surface area contributed by atoms with E-state index in [9.17, 15) is 0 Å². The molecule has 1 fully saturated rings. The number of nitrogens with one attached hydrogen (secondary N) is 1. The summed E-state index contributed by atoms with van der Waals surface area (Å²) in [5.74, 6) is 0.845. The number of thiocarbonyl (C=S) groups is 1. The van der Waals surface area contributed by atoms with Crippen LogP contribution in [0.2, 0.25) is 0 Å². The lowest BCUT2D eigenvalue weighted by Crippen LogP contribution is -2.30. The van der Waals surface area contributed by atoms with Gasteiger partial charge in [0.1, 0.15) is 11.8 Å². The molecule has 2 aromatic carbocycles. The van der Waals surface area contributed by atoms with Crippen LogP contribution in [0, 0.1) is 6.92 Å². The molecule has 0 saturated carbocycles. The van der Waals surface area contributed by atoms with Gasteiger partial charge in [-0.1, -0.05) is 18.2 Å². The van der Waals surface area contributed by atoms with Gasteiger partial charge in [-0.2, -0.15) is 0 Å². The van der Waals surface area contributed by atoms with Crippen molar-refractivity contribution in [2.75, 3.05) is 4.90 Å². The van der Waals surface area contributed by atoms with Crippen molar-refractivity contribution in [2.45, 2.75) is 39.0 Å². The van der Waals surface area contributed by atoms with Gasteiger partial charge in [-0.25, -0.2) is 0 Å². The first-order valence-corrected chi connectivity index (χ1v) is 11.9. The van der Waals surface area contributed by atoms with Crippen LogP contribution >= 0.6 is 12.2 Å². The van der Waals surface area contributed by atoms with E-state index in [1.165, 1.54) is 5.56 Å². The third-order valence-corrected chi connectivity index (χ3v) is 6.26. The molecule has 0 radical (unpaired) electrons. The predicted octanol–water partition coefficient (Wildman–Crippen LogP) is 6.15. The minimum absolute atomic E-state index is 0.0882. The van der Waals surface area contributed by atoms with Crippen LogP contribution in [0.25, 0.3) is 5.69 Å². The van der Waals surface area contributed by atoms with Crippen LogP contribution in [0.15, 0.2) is 91.3 Å². The molecule has 1 N–H and O–H groups in total. The average Bonchev–Trinajstić information content (AvgIpc) is 3.44. The van der Waals surface area contributed by atoms with Crippen LogP contribution in [0.5, 0.6) is 5.75 Å². The van der Waals surface area contributed by atoms with Crippen LogP contribution in [-0.4, -0.2) is 20.8 Å². The maximum absolute atomic E-state index is 5.88. The number of rotatable bonds is 6. The Bertz CT molecular complexity index is 1280. The summed E-state index contributed by atoms with van der Waals surface area (Å²) >= 11 is 5.88. The predicted molar refractivity (Wildman–Crippen MR) is 141 cm³/mol. The fourth-order valence-corrected chi connectivity index (χ4v) is 4.88. The Hall–Kier alpha value is -3.64. The highest BCUT2D eigenvalue weighted by atomic mass is 32.1. The van der Waals surface area contributed by atoms with Gasteiger partial charge in [-0.3, -0.25) is 4.98 Å². The molecule has 0 unspecified atom stereocenters. The summed E-state index contributed by atoms with van der Waals surface area (Å²) < 4.78 is 8.10. The molecule has 0 spiro atoms. The lowest BCUT2D eigenvalue weighted by atomic mass is 10.0. The molecular formula is C28H28N4OS.